The molecule has 2 fully saturated rings. The molecule has 0 aromatic carbocycles. The molecule has 41 heavy (non-hydrogen) atoms. The molecule has 2 heterocycles. The summed E-state index contributed by atoms with van der Waals surface area (Å²) >= 11 is 0. The normalized spacial score (nSPS) is 35.3. The first-order valence-electron chi connectivity index (χ1n) is 11.2. The van der Waals surface area contributed by atoms with Gasteiger partial charge in [0.2, 0.25) is 0 Å². The highest BCUT2D eigenvalue weighted by Gasteiger charge is 2.57. The van der Waals surface area contributed by atoms with Crippen LogP contribution in [0.5, 0.6) is 0 Å². The molecule has 0 spiro atoms. The van der Waals surface area contributed by atoms with Crippen molar-refractivity contribution in [2.24, 2.45) is 0 Å². The highest BCUT2D eigenvalue weighted by atomic mass is 32.3. The van der Waals surface area contributed by atoms with Gasteiger partial charge in [0, 0.05) is 27.9 Å². The van der Waals surface area contributed by atoms with Gasteiger partial charge in [0.1, 0.15) is 36.6 Å². The average Bonchev–Trinajstić information content (AvgIpc) is 2.83. The summed E-state index contributed by atoms with van der Waals surface area (Å²) in [6, 6.07) is 0. The maximum Gasteiger partial charge on any atom is 0.397 e. The van der Waals surface area contributed by atoms with Gasteiger partial charge in [-0.05, 0) is 6.92 Å². The van der Waals surface area contributed by atoms with E-state index in [4.69, 9.17) is 37.7 Å². The van der Waals surface area contributed by atoms with E-state index in [2.05, 4.69) is 12.5 Å². The highest BCUT2D eigenvalue weighted by Crippen LogP contribution is 2.35. The molecule has 242 valence electrons. The van der Waals surface area contributed by atoms with E-state index in [1.807, 2.05) is 0 Å². The van der Waals surface area contributed by atoms with Gasteiger partial charge in [0.05, 0.1) is 6.61 Å². The first-order chi connectivity index (χ1) is 18.9. The second-order valence-corrected chi connectivity index (χ2v) is 11.3. The molecule has 0 aliphatic carbocycles. The molecule has 2 saturated heterocycles. The fourth-order valence-corrected chi connectivity index (χ4v) is 5.46. The highest BCUT2D eigenvalue weighted by molar-refractivity contribution is 7.81. The zero-order valence-corrected chi connectivity index (χ0v) is 24.1. The zero-order valence-electron chi connectivity index (χ0n) is 21.6. The lowest BCUT2D eigenvalue weighted by Gasteiger charge is -2.48. The van der Waals surface area contributed by atoms with Crippen molar-refractivity contribution >= 4 is 37.2 Å². The largest absolute Gasteiger partial charge is 0.479 e. The summed E-state index contributed by atoms with van der Waals surface area (Å²) in [6.07, 6.45) is -18.4. The van der Waals surface area contributed by atoms with E-state index in [1.165, 1.54) is 7.11 Å². The van der Waals surface area contributed by atoms with Crippen molar-refractivity contribution in [3.05, 3.63) is 0 Å². The van der Waals surface area contributed by atoms with Crippen LogP contribution in [0.2, 0.25) is 0 Å². The third-order valence-electron chi connectivity index (χ3n) is 5.60. The summed E-state index contributed by atoms with van der Waals surface area (Å²) in [4.78, 5) is 12.0. The van der Waals surface area contributed by atoms with Crippen molar-refractivity contribution in [2.75, 3.05) is 34.5 Å². The monoisotopic (exact) mass is 666 g/mol. The molecule has 24 heteroatoms. The van der Waals surface area contributed by atoms with E-state index < -0.39 is 105 Å². The third-order valence-corrected chi connectivity index (χ3v) is 6.97. The van der Waals surface area contributed by atoms with Gasteiger partial charge in [-0.1, -0.05) is 0 Å². The first kappa shape index (κ1) is 36.0. The van der Waals surface area contributed by atoms with Crippen molar-refractivity contribution in [3.63, 3.8) is 0 Å². The molecule has 2 rings (SSSR count). The quantitative estimate of drug-likeness (QED) is 0.128. The van der Waals surface area contributed by atoms with Gasteiger partial charge < -0.3 is 38.3 Å². The van der Waals surface area contributed by atoms with Gasteiger partial charge in [-0.3, -0.25) is 13.7 Å². The summed E-state index contributed by atoms with van der Waals surface area (Å²) in [5.41, 5.74) is 0. The molecule has 2 aliphatic heterocycles. The minimum atomic E-state index is -5.53. The molecule has 0 saturated carbocycles. The van der Waals surface area contributed by atoms with E-state index in [-0.39, 0.29) is 6.61 Å². The van der Waals surface area contributed by atoms with E-state index in [0.29, 0.717) is 0 Å². The van der Waals surface area contributed by atoms with Crippen molar-refractivity contribution < 1.29 is 94.5 Å². The second-order valence-electron chi connectivity index (χ2n) is 8.15. The molecule has 0 radical (unpaired) electrons. The Bertz CT molecular complexity index is 1190. The Balaban J connectivity index is 2.65. The fraction of sp³-hybridized carbons (Fsp3) is 0.941. The Labute approximate surface area is 234 Å². The van der Waals surface area contributed by atoms with Crippen LogP contribution < -0.4 is 0 Å². The number of aliphatic carboxylic acids is 1. The van der Waals surface area contributed by atoms with E-state index >= 15 is 0 Å². The molecule has 21 nitrogen and oxygen atoms in total. The molecule has 4 N–H and O–H groups in total. The van der Waals surface area contributed by atoms with Crippen molar-refractivity contribution in [1.82, 2.24) is 0 Å². The van der Waals surface area contributed by atoms with Gasteiger partial charge in [-0.2, -0.15) is 25.3 Å². The number of carbonyl (C=O) groups is 1. The minimum absolute atomic E-state index is 0.00245. The van der Waals surface area contributed by atoms with Crippen LogP contribution in [0.25, 0.3) is 0 Å². The van der Waals surface area contributed by atoms with Crippen LogP contribution in [-0.2, 0) is 81.7 Å². The average molecular weight is 667 g/mol. The molecule has 4 unspecified atom stereocenters. The molecule has 0 aromatic heterocycles. The predicted molar refractivity (Wildman–Crippen MR) is 124 cm³/mol. The minimum Gasteiger partial charge on any atom is -0.479 e. The fourth-order valence-electron chi connectivity index (χ4n) is 4.18. The van der Waals surface area contributed by atoms with E-state index in [1.54, 1.807) is 6.92 Å². The molecule has 0 bridgehead atoms. The lowest BCUT2D eigenvalue weighted by Crippen LogP contribution is -2.67. The second kappa shape index (κ2) is 14.5. The first-order valence-corrected chi connectivity index (χ1v) is 15.3. The smallest absolute Gasteiger partial charge is 0.397 e. The number of ether oxygens (including phenoxy) is 7. The van der Waals surface area contributed by atoms with Crippen molar-refractivity contribution in [3.8, 4) is 0 Å². The maximum atomic E-state index is 12.0. The molecule has 2 aliphatic rings. The summed E-state index contributed by atoms with van der Waals surface area (Å²) in [5, 5.41) is 9.73. The van der Waals surface area contributed by atoms with Crippen LogP contribution in [-0.4, -0.2) is 146 Å². The van der Waals surface area contributed by atoms with Crippen LogP contribution in [0.1, 0.15) is 6.92 Å². The molecule has 0 amide bonds. The summed E-state index contributed by atoms with van der Waals surface area (Å²) < 4.78 is 148. The topological polar surface area (TPSA) is 293 Å². The predicted octanol–water partition coefficient (Wildman–Crippen LogP) is -2.82. The zero-order chi connectivity index (χ0) is 31.3. The number of hydrogen-bond acceptors (Lipinski definition) is 17. The third kappa shape index (κ3) is 10.2. The van der Waals surface area contributed by atoms with Crippen LogP contribution in [0.3, 0.4) is 0 Å². The van der Waals surface area contributed by atoms with Crippen LogP contribution >= 0.6 is 0 Å². The molecular weight excluding hydrogens is 636 g/mol. The molecular formula is C17H30O21S3. The molecule has 0 aromatic rings. The SMILES string of the molecule is CCO[C@@H]1C(C(=O)O)O[C@@H](O[C@H]2C(OS(=O)(=O)O)C(OS(=O)(=O)O)[C@@H](OC)O[C@H]2COS(=O)(=O)O)C(OC)[C@H]1OC. The number of methoxy groups -OCH3 is 3. The van der Waals surface area contributed by atoms with Crippen LogP contribution in [0.15, 0.2) is 0 Å². The number of hydrogen-bond donors (Lipinski definition) is 4. The number of rotatable bonds is 15. The van der Waals surface area contributed by atoms with Gasteiger partial charge in [-0.25, -0.2) is 17.3 Å². The lowest BCUT2D eigenvalue weighted by molar-refractivity contribution is -0.353. The summed E-state index contributed by atoms with van der Waals surface area (Å²) in [5.74, 6) is -1.57. The Morgan fingerprint density at radius 1 is 0.707 bits per heavy atom. The van der Waals surface area contributed by atoms with Gasteiger partial charge in [0.15, 0.2) is 24.8 Å². The van der Waals surface area contributed by atoms with E-state index in [0.717, 1.165) is 14.2 Å². The Hall–Kier alpha value is -1.20. The maximum absolute atomic E-state index is 12.0. The standard InChI is InChI=1S/C17H30O21S3/c1-5-32-10-9(29-2)13(30-3)17(36-12(10)15(18)19)35-8-7(6-33-39(20,21)22)34-16(31-4)14(38-41(26,27)28)11(8)37-40(23,24)25/h7-14,16-17H,5-6H2,1-4H3,(H,18,19)(H,20,21,22)(H,23,24,25)(H,26,27,28)/t7-,8+,9-,10-,11?,12?,13?,14?,16-,17+/m0/s1. The van der Waals surface area contributed by atoms with E-state index in [9.17, 15) is 44.3 Å². The number of carboxylic acids is 1. The Kier molecular flexibility index (Phi) is 12.7. The van der Waals surface area contributed by atoms with Gasteiger partial charge in [0.25, 0.3) is 0 Å². The van der Waals surface area contributed by atoms with Crippen molar-refractivity contribution in [1.29, 1.82) is 0 Å². The summed E-state index contributed by atoms with van der Waals surface area (Å²) in [7, 11) is -13.0. The van der Waals surface area contributed by atoms with Crippen LogP contribution in [0, 0.1) is 0 Å². The number of carboxylic acid groups (broad SMARTS) is 1. The Morgan fingerprint density at radius 2 is 1.27 bits per heavy atom. The van der Waals surface area contributed by atoms with Gasteiger partial charge >= 0.3 is 37.2 Å². The Morgan fingerprint density at radius 3 is 1.71 bits per heavy atom. The van der Waals surface area contributed by atoms with Gasteiger partial charge in [-0.15, -0.1) is 0 Å². The van der Waals surface area contributed by atoms with Crippen molar-refractivity contribution in [2.45, 2.75) is 68.3 Å². The molecule has 10 atom stereocenters. The summed E-state index contributed by atoms with van der Waals surface area (Å²) in [6.45, 7) is 0.353. The lowest BCUT2D eigenvalue weighted by atomic mass is 9.96. The van der Waals surface area contributed by atoms with Crippen LogP contribution in [0.4, 0.5) is 0 Å².